The van der Waals surface area contributed by atoms with Gasteiger partial charge in [0.05, 0.1) is 13.2 Å². The molecular weight excluding hydrogens is 176 g/mol. The van der Waals surface area contributed by atoms with E-state index in [0.29, 0.717) is 0 Å². The predicted molar refractivity (Wildman–Crippen MR) is 55.7 cm³/mol. The molecule has 0 N–H and O–H groups in total. The molecule has 0 unspecified atom stereocenters. The van der Waals surface area contributed by atoms with Crippen molar-refractivity contribution in [3.05, 3.63) is 29.3 Å². The highest BCUT2D eigenvalue weighted by molar-refractivity contribution is 5.38. The molecule has 0 bridgehead atoms. The van der Waals surface area contributed by atoms with Crippen LogP contribution in [-0.4, -0.2) is 14.2 Å². The smallest absolute Gasteiger partial charge is 0.119 e. The monoisotopic (exact) mass is 192 g/mol. The van der Waals surface area contributed by atoms with Gasteiger partial charge in [-0.1, -0.05) is 6.07 Å². The lowest BCUT2D eigenvalue weighted by atomic mass is 9.89. The number of fused-ring (bicyclic) bond motifs is 1. The zero-order valence-electron chi connectivity index (χ0n) is 8.75. The Hall–Kier alpha value is -1.02. The van der Waals surface area contributed by atoms with E-state index in [1.54, 1.807) is 14.2 Å². The third-order valence-corrected chi connectivity index (χ3v) is 2.89. The molecule has 0 heterocycles. The summed E-state index contributed by atoms with van der Waals surface area (Å²) in [4.78, 5) is 0. The van der Waals surface area contributed by atoms with Crippen molar-refractivity contribution in [1.82, 2.24) is 0 Å². The maximum Gasteiger partial charge on any atom is 0.119 e. The van der Waals surface area contributed by atoms with E-state index in [1.165, 1.54) is 17.5 Å². The Kier molecular flexibility index (Phi) is 2.73. The molecule has 0 aliphatic heterocycles. The molecule has 2 nitrogen and oxygen atoms in total. The highest BCUT2D eigenvalue weighted by Gasteiger charge is 2.19. The molecule has 0 fully saturated rings. The van der Waals surface area contributed by atoms with Gasteiger partial charge in [-0.05, 0) is 42.5 Å². The first-order valence-electron chi connectivity index (χ1n) is 5.04. The average molecular weight is 192 g/mol. The van der Waals surface area contributed by atoms with Crippen molar-refractivity contribution in [2.24, 2.45) is 0 Å². The van der Waals surface area contributed by atoms with Crippen LogP contribution in [0.2, 0.25) is 0 Å². The van der Waals surface area contributed by atoms with Crippen molar-refractivity contribution in [2.75, 3.05) is 14.2 Å². The van der Waals surface area contributed by atoms with Crippen LogP contribution < -0.4 is 4.74 Å². The Labute approximate surface area is 84.8 Å². The molecule has 0 spiro atoms. The zero-order chi connectivity index (χ0) is 9.97. The molecule has 0 saturated carbocycles. The van der Waals surface area contributed by atoms with Crippen LogP contribution in [0, 0.1) is 0 Å². The summed E-state index contributed by atoms with van der Waals surface area (Å²) < 4.78 is 10.7. The van der Waals surface area contributed by atoms with Crippen LogP contribution in [0.1, 0.15) is 30.1 Å². The van der Waals surface area contributed by atoms with Gasteiger partial charge in [0.15, 0.2) is 0 Å². The van der Waals surface area contributed by atoms with Crippen LogP contribution in [0.25, 0.3) is 0 Å². The van der Waals surface area contributed by atoms with Crippen molar-refractivity contribution in [3.63, 3.8) is 0 Å². The standard InChI is InChI=1S/C12H16O2/c1-13-10-6-7-11-9(8-10)4-3-5-12(11)14-2/h6-8,12H,3-5H2,1-2H3/t12-/m0/s1. The number of hydrogen-bond acceptors (Lipinski definition) is 2. The lowest BCUT2D eigenvalue weighted by Crippen LogP contribution is -2.11. The fraction of sp³-hybridized carbons (Fsp3) is 0.500. The number of benzene rings is 1. The minimum Gasteiger partial charge on any atom is -0.497 e. The van der Waals surface area contributed by atoms with Gasteiger partial charge in [-0.25, -0.2) is 0 Å². The number of ether oxygens (including phenoxy) is 2. The molecule has 1 aromatic carbocycles. The molecule has 1 atom stereocenters. The molecule has 1 aliphatic carbocycles. The number of rotatable bonds is 2. The molecule has 14 heavy (non-hydrogen) atoms. The van der Waals surface area contributed by atoms with E-state index >= 15 is 0 Å². The van der Waals surface area contributed by atoms with Crippen LogP contribution >= 0.6 is 0 Å². The van der Waals surface area contributed by atoms with Crippen LogP contribution in [0.3, 0.4) is 0 Å². The largest absolute Gasteiger partial charge is 0.497 e. The van der Waals surface area contributed by atoms with Crippen molar-refractivity contribution < 1.29 is 9.47 Å². The van der Waals surface area contributed by atoms with Crippen molar-refractivity contribution in [3.8, 4) is 5.75 Å². The van der Waals surface area contributed by atoms with E-state index in [9.17, 15) is 0 Å². The lowest BCUT2D eigenvalue weighted by Gasteiger charge is -2.24. The summed E-state index contributed by atoms with van der Waals surface area (Å²) in [5.41, 5.74) is 2.71. The molecule has 76 valence electrons. The number of hydrogen-bond donors (Lipinski definition) is 0. The molecule has 2 heteroatoms. The molecule has 0 amide bonds. The Balaban J connectivity index is 2.35. The first-order valence-corrected chi connectivity index (χ1v) is 5.04. The van der Waals surface area contributed by atoms with Crippen molar-refractivity contribution >= 4 is 0 Å². The van der Waals surface area contributed by atoms with Gasteiger partial charge in [-0.3, -0.25) is 0 Å². The Morgan fingerprint density at radius 1 is 1.29 bits per heavy atom. The van der Waals surface area contributed by atoms with Gasteiger partial charge in [0.2, 0.25) is 0 Å². The second kappa shape index (κ2) is 4.01. The van der Waals surface area contributed by atoms with E-state index in [2.05, 4.69) is 12.1 Å². The minimum atomic E-state index is 0.282. The number of methoxy groups -OCH3 is 2. The van der Waals surface area contributed by atoms with Crippen molar-refractivity contribution in [2.45, 2.75) is 25.4 Å². The summed E-state index contributed by atoms with van der Waals surface area (Å²) in [6.45, 7) is 0. The van der Waals surface area contributed by atoms with Gasteiger partial charge in [0, 0.05) is 7.11 Å². The highest BCUT2D eigenvalue weighted by Crippen LogP contribution is 2.33. The molecular formula is C12H16O2. The van der Waals surface area contributed by atoms with Gasteiger partial charge in [0.1, 0.15) is 5.75 Å². The van der Waals surface area contributed by atoms with Gasteiger partial charge in [-0.2, -0.15) is 0 Å². The van der Waals surface area contributed by atoms with Gasteiger partial charge in [0.25, 0.3) is 0 Å². The second-order valence-corrected chi connectivity index (χ2v) is 3.68. The van der Waals surface area contributed by atoms with E-state index in [-0.39, 0.29) is 6.10 Å². The topological polar surface area (TPSA) is 18.5 Å². The third-order valence-electron chi connectivity index (χ3n) is 2.89. The first kappa shape index (κ1) is 9.53. The molecule has 0 aromatic heterocycles. The summed E-state index contributed by atoms with van der Waals surface area (Å²) in [5.74, 6) is 0.945. The molecule has 1 aromatic rings. The SMILES string of the molecule is COc1ccc2c(c1)CCC[C@@H]2OC. The Morgan fingerprint density at radius 2 is 2.14 bits per heavy atom. The summed E-state index contributed by atoms with van der Waals surface area (Å²) >= 11 is 0. The lowest BCUT2D eigenvalue weighted by molar-refractivity contribution is 0.0880. The summed E-state index contributed by atoms with van der Waals surface area (Å²) in [7, 11) is 3.49. The fourth-order valence-corrected chi connectivity index (χ4v) is 2.12. The second-order valence-electron chi connectivity index (χ2n) is 3.68. The van der Waals surface area contributed by atoms with Crippen LogP contribution in [0.5, 0.6) is 5.75 Å². The van der Waals surface area contributed by atoms with Crippen LogP contribution in [0.4, 0.5) is 0 Å². The molecule has 0 saturated heterocycles. The predicted octanol–water partition coefficient (Wildman–Crippen LogP) is 2.72. The van der Waals surface area contributed by atoms with Crippen molar-refractivity contribution in [1.29, 1.82) is 0 Å². The average Bonchev–Trinajstić information content (AvgIpc) is 2.27. The van der Waals surface area contributed by atoms with Gasteiger partial charge >= 0.3 is 0 Å². The summed E-state index contributed by atoms with van der Waals surface area (Å²) in [5, 5.41) is 0. The van der Waals surface area contributed by atoms with E-state index in [1.807, 2.05) is 6.07 Å². The maximum absolute atomic E-state index is 5.45. The highest BCUT2D eigenvalue weighted by atomic mass is 16.5. The Bertz CT molecular complexity index is 320. The Morgan fingerprint density at radius 3 is 2.86 bits per heavy atom. The first-order chi connectivity index (χ1) is 6.85. The minimum absolute atomic E-state index is 0.282. The van der Waals surface area contributed by atoms with Crippen LogP contribution in [-0.2, 0) is 11.2 Å². The molecule has 2 rings (SSSR count). The van der Waals surface area contributed by atoms with Gasteiger partial charge in [-0.15, -0.1) is 0 Å². The maximum atomic E-state index is 5.45. The molecule has 0 radical (unpaired) electrons. The number of aryl methyl sites for hydroxylation is 1. The quantitative estimate of drug-likeness (QED) is 0.717. The summed E-state index contributed by atoms with van der Waals surface area (Å²) in [6.07, 6.45) is 3.77. The van der Waals surface area contributed by atoms with Gasteiger partial charge < -0.3 is 9.47 Å². The van der Waals surface area contributed by atoms with E-state index in [0.717, 1.165) is 18.6 Å². The zero-order valence-corrected chi connectivity index (χ0v) is 8.75. The normalized spacial score (nSPS) is 20.3. The molecule has 1 aliphatic rings. The third kappa shape index (κ3) is 1.62. The van der Waals surface area contributed by atoms with E-state index < -0.39 is 0 Å². The van der Waals surface area contributed by atoms with E-state index in [4.69, 9.17) is 9.47 Å². The van der Waals surface area contributed by atoms with Crippen LogP contribution in [0.15, 0.2) is 18.2 Å². The summed E-state index contributed by atoms with van der Waals surface area (Å²) in [6, 6.07) is 6.26. The fourth-order valence-electron chi connectivity index (χ4n) is 2.12.